The molecule has 3 aromatic rings. The molecule has 0 saturated carbocycles. The number of para-hydroxylation sites is 1. The molecule has 0 unspecified atom stereocenters. The van der Waals surface area contributed by atoms with E-state index in [-0.39, 0.29) is 0 Å². The maximum atomic E-state index is 10.9. The van der Waals surface area contributed by atoms with Gasteiger partial charge in [-0.2, -0.15) is 0 Å². The summed E-state index contributed by atoms with van der Waals surface area (Å²) in [7, 11) is 1.65. The Balaban J connectivity index is 2.14. The zero-order valence-corrected chi connectivity index (χ0v) is 15.6. The Kier molecular flexibility index (Phi) is 5.67. The molecule has 3 rings (SSSR count). The highest BCUT2D eigenvalue weighted by molar-refractivity contribution is 6.35. The number of rotatable bonds is 6. The fourth-order valence-corrected chi connectivity index (χ4v) is 3.46. The number of ether oxygens (including phenoxy) is 1. The molecule has 26 heavy (non-hydrogen) atoms. The zero-order chi connectivity index (χ0) is 18.7. The largest absolute Gasteiger partial charge is 0.478 e. The number of fused-ring (bicyclic) bond motifs is 1. The fourth-order valence-electron chi connectivity index (χ4n) is 2.99. The molecule has 0 saturated heterocycles. The van der Waals surface area contributed by atoms with E-state index >= 15 is 0 Å². The highest BCUT2D eigenvalue weighted by atomic mass is 35.5. The van der Waals surface area contributed by atoms with E-state index in [1.807, 2.05) is 30.5 Å². The van der Waals surface area contributed by atoms with Gasteiger partial charge in [0.1, 0.15) is 0 Å². The minimum atomic E-state index is -0.988. The van der Waals surface area contributed by atoms with Gasteiger partial charge in [-0.1, -0.05) is 47.5 Å². The van der Waals surface area contributed by atoms with Gasteiger partial charge in [0, 0.05) is 46.9 Å². The predicted octanol–water partition coefficient (Wildman–Crippen LogP) is 5.24. The van der Waals surface area contributed by atoms with E-state index < -0.39 is 5.97 Å². The van der Waals surface area contributed by atoms with E-state index in [4.69, 9.17) is 33.0 Å². The van der Waals surface area contributed by atoms with Crippen molar-refractivity contribution < 1.29 is 14.6 Å². The number of hydrogen-bond acceptors (Lipinski definition) is 2. The van der Waals surface area contributed by atoms with Gasteiger partial charge in [0.25, 0.3) is 0 Å². The Morgan fingerprint density at radius 2 is 2.04 bits per heavy atom. The summed E-state index contributed by atoms with van der Waals surface area (Å²) in [5.74, 6) is -0.988. The number of aliphatic carboxylic acids is 1. The highest BCUT2D eigenvalue weighted by Crippen LogP contribution is 2.29. The first-order valence-electron chi connectivity index (χ1n) is 7.94. The van der Waals surface area contributed by atoms with Crippen LogP contribution in [0.15, 0.2) is 48.7 Å². The zero-order valence-electron chi connectivity index (χ0n) is 14.1. The first-order valence-corrected chi connectivity index (χ1v) is 8.70. The molecule has 1 N–H and O–H groups in total. The molecule has 0 spiro atoms. The van der Waals surface area contributed by atoms with Gasteiger partial charge in [0.05, 0.1) is 12.1 Å². The average Bonchev–Trinajstić information content (AvgIpc) is 2.94. The van der Waals surface area contributed by atoms with Crippen molar-refractivity contribution in [1.29, 1.82) is 0 Å². The molecule has 0 fully saturated rings. The first-order chi connectivity index (χ1) is 12.5. The summed E-state index contributed by atoms with van der Waals surface area (Å²) in [4.78, 5) is 10.9. The second kappa shape index (κ2) is 7.96. The van der Waals surface area contributed by atoms with Crippen LogP contribution in [-0.4, -0.2) is 22.8 Å². The lowest BCUT2D eigenvalue weighted by Gasteiger charge is -2.10. The molecule has 0 aliphatic rings. The minimum Gasteiger partial charge on any atom is -0.478 e. The van der Waals surface area contributed by atoms with Crippen molar-refractivity contribution in [2.24, 2.45) is 0 Å². The maximum absolute atomic E-state index is 10.9. The number of carboxylic acids is 1. The van der Waals surface area contributed by atoms with Crippen LogP contribution in [0.5, 0.6) is 0 Å². The molecule has 0 radical (unpaired) electrons. The third-order valence-corrected chi connectivity index (χ3v) is 4.66. The van der Waals surface area contributed by atoms with Crippen molar-refractivity contribution in [3.8, 4) is 0 Å². The van der Waals surface area contributed by atoms with Crippen LogP contribution in [-0.2, 0) is 22.7 Å². The molecular weight excluding hydrogens is 373 g/mol. The standard InChI is InChI=1S/C20H17Cl2NO3/c1-26-12-15-11-23(10-14-5-7-16(21)9-18(14)22)20-13(6-8-19(24)25)3-2-4-17(15)20/h2-9,11H,10,12H2,1H3,(H,24,25)/b8-6+. The Hall–Kier alpha value is -2.27. The Morgan fingerprint density at radius 3 is 2.73 bits per heavy atom. The Morgan fingerprint density at radius 1 is 1.23 bits per heavy atom. The first kappa shape index (κ1) is 18.5. The molecule has 134 valence electrons. The SMILES string of the molecule is COCc1cn(Cc2ccc(Cl)cc2Cl)c2c(/C=C/C(=O)O)cccc12. The summed E-state index contributed by atoms with van der Waals surface area (Å²) < 4.78 is 7.36. The third kappa shape index (κ3) is 3.93. The Bertz CT molecular complexity index is 992. The second-order valence-electron chi connectivity index (χ2n) is 5.87. The summed E-state index contributed by atoms with van der Waals surface area (Å²) >= 11 is 12.3. The van der Waals surface area contributed by atoms with Crippen LogP contribution in [0.25, 0.3) is 17.0 Å². The summed E-state index contributed by atoms with van der Waals surface area (Å²) in [6.07, 6.45) is 4.75. The van der Waals surface area contributed by atoms with Crippen molar-refractivity contribution in [2.45, 2.75) is 13.2 Å². The van der Waals surface area contributed by atoms with E-state index in [1.165, 1.54) is 0 Å². The normalized spacial score (nSPS) is 11.5. The molecule has 4 nitrogen and oxygen atoms in total. The van der Waals surface area contributed by atoms with Gasteiger partial charge in [-0.15, -0.1) is 0 Å². The molecule has 6 heteroatoms. The van der Waals surface area contributed by atoms with Crippen molar-refractivity contribution in [2.75, 3.05) is 7.11 Å². The summed E-state index contributed by atoms with van der Waals surface area (Å²) in [6, 6.07) is 11.2. The van der Waals surface area contributed by atoms with E-state index in [0.29, 0.717) is 23.2 Å². The summed E-state index contributed by atoms with van der Waals surface area (Å²) in [5, 5.41) is 11.2. The Labute approximate surface area is 161 Å². The lowest BCUT2D eigenvalue weighted by atomic mass is 10.1. The van der Waals surface area contributed by atoms with Gasteiger partial charge in [-0.25, -0.2) is 4.79 Å². The van der Waals surface area contributed by atoms with E-state index in [0.717, 1.165) is 33.7 Å². The van der Waals surface area contributed by atoms with Gasteiger partial charge in [-0.05, 0) is 29.3 Å². The lowest BCUT2D eigenvalue weighted by molar-refractivity contribution is -0.131. The summed E-state index contributed by atoms with van der Waals surface area (Å²) in [5.41, 5.74) is 3.70. The van der Waals surface area contributed by atoms with E-state index in [9.17, 15) is 4.79 Å². The molecule has 0 aliphatic carbocycles. The lowest BCUT2D eigenvalue weighted by Crippen LogP contribution is -2.00. The molecule has 0 atom stereocenters. The number of hydrogen-bond donors (Lipinski definition) is 1. The summed E-state index contributed by atoms with van der Waals surface area (Å²) in [6.45, 7) is 0.998. The molecular formula is C20H17Cl2NO3. The molecule has 1 heterocycles. The van der Waals surface area contributed by atoms with Crippen molar-refractivity contribution >= 4 is 46.2 Å². The van der Waals surface area contributed by atoms with Gasteiger partial charge >= 0.3 is 5.97 Å². The quantitative estimate of drug-likeness (QED) is 0.586. The van der Waals surface area contributed by atoms with Crippen LogP contribution in [0.2, 0.25) is 10.0 Å². The van der Waals surface area contributed by atoms with E-state index in [1.54, 1.807) is 25.3 Å². The predicted molar refractivity (Wildman–Crippen MR) is 105 cm³/mol. The van der Waals surface area contributed by atoms with Gasteiger partial charge in [-0.3, -0.25) is 0 Å². The monoisotopic (exact) mass is 389 g/mol. The molecule has 0 amide bonds. The van der Waals surface area contributed by atoms with Crippen LogP contribution >= 0.6 is 23.2 Å². The number of carbonyl (C=O) groups is 1. The number of carboxylic acid groups (broad SMARTS) is 1. The van der Waals surface area contributed by atoms with E-state index in [2.05, 4.69) is 4.57 Å². The van der Waals surface area contributed by atoms with Gasteiger partial charge < -0.3 is 14.4 Å². The van der Waals surface area contributed by atoms with Crippen LogP contribution in [0, 0.1) is 0 Å². The molecule has 2 aromatic carbocycles. The van der Waals surface area contributed by atoms with Crippen LogP contribution in [0.3, 0.4) is 0 Å². The van der Waals surface area contributed by atoms with Crippen molar-refractivity contribution in [1.82, 2.24) is 4.57 Å². The number of aromatic nitrogens is 1. The molecule has 0 bridgehead atoms. The van der Waals surface area contributed by atoms with Crippen LogP contribution < -0.4 is 0 Å². The van der Waals surface area contributed by atoms with Crippen LogP contribution in [0.1, 0.15) is 16.7 Å². The van der Waals surface area contributed by atoms with Crippen molar-refractivity contribution in [3.63, 3.8) is 0 Å². The van der Waals surface area contributed by atoms with Crippen LogP contribution in [0.4, 0.5) is 0 Å². The number of benzene rings is 2. The van der Waals surface area contributed by atoms with Crippen molar-refractivity contribution in [3.05, 3.63) is 75.4 Å². The molecule has 1 aromatic heterocycles. The third-order valence-electron chi connectivity index (χ3n) is 4.07. The van der Waals surface area contributed by atoms with Gasteiger partial charge in [0.2, 0.25) is 0 Å². The molecule has 0 aliphatic heterocycles. The smallest absolute Gasteiger partial charge is 0.328 e. The maximum Gasteiger partial charge on any atom is 0.328 e. The topological polar surface area (TPSA) is 51.5 Å². The number of methoxy groups -OCH3 is 1. The fraction of sp³-hybridized carbons (Fsp3) is 0.150. The second-order valence-corrected chi connectivity index (χ2v) is 6.71. The highest BCUT2D eigenvalue weighted by Gasteiger charge is 2.13. The minimum absolute atomic E-state index is 0.462. The number of nitrogens with zero attached hydrogens (tertiary/aromatic N) is 1. The average molecular weight is 390 g/mol. The number of halogens is 2. The van der Waals surface area contributed by atoms with Gasteiger partial charge in [0.15, 0.2) is 0 Å².